The maximum atomic E-state index is 12.4. The summed E-state index contributed by atoms with van der Waals surface area (Å²) in [4.78, 5) is 25.8. The Labute approximate surface area is 157 Å². The molecule has 0 aliphatic heterocycles. The maximum Gasteiger partial charge on any atom is 0.341 e. The van der Waals surface area contributed by atoms with E-state index in [9.17, 15) is 9.59 Å². The van der Waals surface area contributed by atoms with Gasteiger partial charge in [-0.25, -0.2) is 4.79 Å². The van der Waals surface area contributed by atoms with Gasteiger partial charge in [0.05, 0.1) is 12.7 Å². The van der Waals surface area contributed by atoms with Gasteiger partial charge in [0.25, 0.3) is 5.91 Å². The average Bonchev–Trinajstić information content (AvgIpc) is 3.00. The Bertz CT molecular complexity index is 841. The standard InChI is InChI=1S/C20H23NO4S/c1-12-7-6-9-15(13(12)2)25-11-17(22)21-19-18(20(23)24-3)14-8-4-5-10-16(14)26-19/h6-7,9H,4-5,8,10-11H2,1-3H3,(H,21,22). The Balaban J connectivity index is 1.74. The van der Waals surface area contributed by atoms with Gasteiger partial charge in [-0.1, -0.05) is 12.1 Å². The lowest BCUT2D eigenvalue weighted by molar-refractivity contribution is -0.118. The van der Waals surface area contributed by atoms with Crippen molar-refractivity contribution in [3.8, 4) is 5.75 Å². The zero-order chi connectivity index (χ0) is 18.7. The van der Waals surface area contributed by atoms with Crippen molar-refractivity contribution < 1.29 is 19.1 Å². The van der Waals surface area contributed by atoms with Crippen molar-refractivity contribution >= 4 is 28.2 Å². The number of methoxy groups -OCH3 is 1. The van der Waals surface area contributed by atoms with E-state index in [1.54, 1.807) is 0 Å². The van der Waals surface area contributed by atoms with E-state index in [0.29, 0.717) is 16.3 Å². The summed E-state index contributed by atoms with van der Waals surface area (Å²) >= 11 is 1.47. The molecule has 3 rings (SSSR count). The lowest BCUT2D eigenvalue weighted by Gasteiger charge is -2.12. The summed E-state index contributed by atoms with van der Waals surface area (Å²) in [6.07, 6.45) is 3.96. The normalized spacial score (nSPS) is 13.0. The predicted molar refractivity (Wildman–Crippen MR) is 102 cm³/mol. The number of amides is 1. The second kappa shape index (κ2) is 7.91. The highest BCUT2D eigenvalue weighted by Gasteiger charge is 2.27. The Kier molecular flexibility index (Phi) is 5.61. The summed E-state index contributed by atoms with van der Waals surface area (Å²) in [6, 6.07) is 5.75. The molecule has 0 spiro atoms. The number of benzene rings is 1. The van der Waals surface area contributed by atoms with Crippen LogP contribution >= 0.6 is 11.3 Å². The molecule has 138 valence electrons. The minimum atomic E-state index is -0.393. The summed E-state index contributed by atoms with van der Waals surface area (Å²) in [5.74, 6) is 0.0172. The molecule has 26 heavy (non-hydrogen) atoms. The summed E-state index contributed by atoms with van der Waals surface area (Å²) < 4.78 is 10.6. The Morgan fingerprint density at radius 2 is 1.96 bits per heavy atom. The lowest BCUT2D eigenvalue weighted by Crippen LogP contribution is -2.21. The number of ether oxygens (including phenoxy) is 2. The molecule has 1 aromatic carbocycles. The number of thiophene rings is 1. The summed E-state index contributed by atoms with van der Waals surface area (Å²) in [5.41, 5.74) is 3.66. The number of hydrogen-bond acceptors (Lipinski definition) is 5. The summed E-state index contributed by atoms with van der Waals surface area (Å²) in [7, 11) is 1.37. The van der Waals surface area contributed by atoms with Gasteiger partial charge in [-0.05, 0) is 62.3 Å². The third-order valence-corrected chi connectivity index (χ3v) is 5.93. The minimum absolute atomic E-state index is 0.104. The maximum absolute atomic E-state index is 12.4. The molecule has 2 aromatic rings. The highest BCUT2D eigenvalue weighted by molar-refractivity contribution is 7.17. The monoisotopic (exact) mass is 373 g/mol. The molecule has 0 fully saturated rings. The minimum Gasteiger partial charge on any atom is -0.483 e. The highest BCUT2D eigenvalue weighted by Crippen LogP contribution is 2.38. The van der Waals surface area contributed by atoms with E-state index in [2.05, 4.69) is 5.32 Å². The van der Waals surface area contributed by atoms with E-state index < -0.39 is 5.97 Å². The zero-order valence-electron chi connectivity index (χ0n) is 15.3. The Hall–Kier alpha value is -2.34. The summed E-state index contributed by atoms with van der Waals surface area (Å²) in [6.45, 7) is 3.86. The molecule has 1 heterocycles. The van der Waals surface area contributed by atoms with Crippen molar-refractivity contribution in [3.63, 3.8) is 0 Å². The third-order valence-electron chi connectivity index (χ3n) is 4.73. The van der Waals surface area contributed by atoms with Gasteiger partial charge < -0.3 is 14.8 Å². The van der Waals surface area contributed by atoms with Gasteiger partial charge in [0.15, 0.2) is 6.61 Å². The molecule has 1 aliphatic carbocycles. The third kappa shape index (κ3) is 3.75. The topological polar surface area (TPSA) is 64.6 Å². The molecule has 0 saturated heterocycles. The molecular formula is C20H23NO4S. The smallest absolute Gasteiger partial charge is 0.341 e. The zero-order valence-corrected chi connectivity index (χ0v) is 16.1. The lowest BCUT2D eigenvalue weighted by atomic mass is 9.95. The van der Waals surface area contributed by atoms with Crippen LogP contribution in [0.1, 0.15) is 44.8 Å². The fraction of sp³-hybridized carbons (Fsp3) is 0.400. The number of anilines is 1. The molecule has 6 heteroatoms. The van der Waals surface area contributed by atoms with Crippen LogP contribution in [0.3, 0.4) is 0 Å². The molecule has 0 saturated carbocycles. The van der Waals surface area contributed by atoms with E-state index in [-0.39, 0.29) is 12.5 Å². The fourth-order valence-electron chi connectivity index (χ4n) is 3.16. The number of carbonyl (C=O) groups is 2. The molecule has 1 aromatic heterocycles. The average molecular weight is 373 g/mol. The number of esters is 1. The SMILES string of the molecule is COC(=O)c1c(NC(=O)COc2cccc(C)c2C)sc2c1CCCC2. The van der Waals surface area contributed by atoms with Crippen LogP contribution in [0.2, 0.25) is 0 Å². The van der Waals surface area contributed by atoms with E-state index in [4.69, 9.17) is 9.47 Å². The molecule has 0 atom stereocenters. The first-order valence-electron chi connectivity index (χ1n) is 8.73. The van der Waals surface area contributed by atoms with Gasteiger partial charge in [-0.3, -0.25) is 4.79 Å². The number of carbonyl (C=O) groups excluding carboxylic acids is 2. The second-order valence-electron chi connectivity index (χ2n) is 6.44. The molecule has 0 radical (unpaired) electrons. The van der Waals surface area contributed by atoms with Crippen LogP contribution in [0.5, 0.6) is 5.75 Å². The first-order valence-corrected chi connectivity index (χ1v) is 9.54. The van der Waals surface area contributed by atoms with E-state index in [1.165, 1.54) is 23.3 Å². The van der Waals surface area contributed by atoms with Crippen LogP contribution in [0.4, 0.5) is 5.00 Å². The van der Waals surface area contributed by atoms with Crippen LogP contribution in [-0.4, -0.2) is 25.6 Å². The molecule has 0 unspecified atom stereocenters. The molecule has 0 bridgehead atoms. The van der Waals surface area contributed by atoms with Crippen molar-refractivity contribution in [1.29, 1.82) is 0 Å². The van der Waals surface area contributed by atoms with Gasteiger partial charge in [-0.15, -0.1) is 11.3 Å². The molecular weight excluding hydrogens is 350 g/mol. The number of fused-ring (bicyclic) bond motifs is 1. The van der Waals surface area contributed by atoms with Crippen molar-refractivity contribution in [2.24, 2.45) is 0 Å². The highest BCUT2D eigenvalue weighted by atomic mass is 32.1. The van der Waals surface area contributed by atoms with Crippen LogP contribution in [-0.2, 0) is 22.4 Å². The van der Waals surface area contributed by atoms with E-state index >= 15 is 0 Å². The number of aryl methyl sites for hydroxylation is 2. The molecule has 5 nitrogen and oxygen atoms in total. The van der Waals surface area contributed by atoms with Crippen molar-refractivity contribution in [3.05, 3.63) is 45.3 Å². The van der Waals surface area contributed by atoms with Gasteiger partial charge in [0.2, 0.25) is 0 Å². The Morgan fingerprint density at radius 1 is 1.19 bits per heavy atom. The molecule has 1 amide bonds. The fourth-order valence-corrected chi connectivity index (χ4v) is 4.45. The largest absolute Gasteiger partial charge is 0.483 e. The number of rotatable bonds is 5. The van der Waals surface area contributed by atoms with E-state index in [0.717, 1.165) is 42.4 Å². The van der Waals surface area contributed by atoms with Crippen LogP contribution < -0.4 is 10.1 Å². The first-order chi connectivity index (χ1) is 12.5. The first kappa shape index (κ1) is 18.5. The Morgan fingerprint density at radius 3 is 2.73 bits per heavy atom. The molecule has 1 N–H and O–H groups in total. The van der Waals surface area contributed by atoms with E-state index in [1.807, 2.05) is 32.0 Å². The number of hydrogen-bond donors (Lipinski definition) is 1. The summed E-state index contributed by atoms with van der Waals surface area (Å²) in [5, 5.41) is 3.41. The predicted octanol–water partition coefficient (Wildman–Crippen LogP) is 4.05. The number of nitrogens with one attached hydrogen (secondary N) is 1. The van der Waals surface area contributed by atoms with Crippen LogP contribution in [0, 0.1) is 13.8 Å². The van der Waals surface area contributed by atoms with Gasteiger partial charge in [-0.2, -0.15) is 0 Å². The molecule has 1 aliphatic rings. The second-order valence-corrected chi connectivity index (χ2v) is 7.55. The van der Waals surface area contributed by atoms with Gasteiger partial charge in [0.1, 0.15) is 10.8 Å². The van der Waals surface area contributed by atoms with Crippen molar-refractivity contribution in [1.82, 2.24) is 0 Å². The van der Waals surface area contributed by atoms with Crippen LogP contribution in [0.15, 0.2) is 18.2 Å². The quantitative estimate of drug-likeness (QED) is 0.803. The van der Waals surface area contributed by atoms with Gasteiger partial charge >= 0.3 is 5.97 Å². The van der Waals surface area contributed by atoms with Crippen LogP contribution in [0.25, 0.3) is 0 Å². The van der Waals surface area contributed by atoms with Crippen molar-refractivity contribution in [2.45, 2.75) is 39.5 Å². The van der Waals surface area contributed by atoms with Crippen molar-refractivity contribution in [2.75, 3.05) is 19.0 Å². The van der Waals surface area contributed by atoms with Gasteiger partial charge in [0, 0.05) is 4.88 Å².